The van der Waals surface area contributed by atoms with E-state index in [2.05, 4.69) is 151 Å². The minimum Gasteiger partial charge on any atom is -0.507 e. The quantitative estimate of drug-likeness (QED) is 0.0399. The van der Waals surface area contributed by atoms with Gasteiger partial charge < -0.3 is 65.8 Å². The molecule has 0 radical (unpaired) electrons. The molecule has 0 saturated carbocycles. The number of azo groups is 5. The smallest absolute Gasteiger partial charge is 0.340 e. The predicted molar refractivity (Wildman–Crippen MR) is 405 cm³/mol. The molecule has 1 aliphatic rings. The SMILES string of the molecule is O=C(O)c1c(O)c(N=Nc2ncnc3nc[nH]c23)cc2ccccc12.O=C(O)c1cc2ccccc2c(N=Nc2ncnc3nc[nH]c23)c1O.O=C1NC(=O)C(N=Nc2ncnc3nc[nH]c23)C(=O)N1.Oc1cc(O)c2ccccc2c1N=Nc1ncnc2nc[nH]c12.Oc1ccc(N=Nc2ncnc3nc[nH]c23)c2c(O)cccc12. The third-order valence-corrected chi connectivity index (χ3v) is 16.6. The molecule has 45 heteroatoms. The molecule has 1 aliphatic heterocycles. The number of phenolic OH excluding ortho intramolecular Hbond substituents is 4. The number of nitrogens with zero attached hydrogens (tertiary/aromatic N) is 25. The molecule has 11 heterocycles. The van der Waals surface area contributed by atoms with E-state index in [1.54, 1.807) is 97.1 Å². The number of aromatic nitrogens is 20. The van der Waals surface area contributed by atoms with Crippen LogP contribution in [0.2, 0.25) is 0 Å². The number of carboxylic acids is 2. The number of nitrogens with one attached hydrogen (secondary N) is 7. The highest BCUT2D eigenvalue weighted by Crippen LogP contribution is 2.44. The van der Waals surface area contributed by atoms with Crippen LogP contribution in [0.25, 0.3) is 98.9 Å². The Morgan fingerprint density at radius 1 is 0.336 bits per heavy atom. The molecule has 8 aromatic carbocycles. The maximum atomic E-state index is 11.5. The van der Waals surface area contributed by atoms with Crippen molar-refractivity contribution >= 4 is 181 Å². The fourth-order valence-electron chi connectivity index (χ4n) is 11.3. The van der Waals surface area contributed by atoms with Crippen molar-refractivity contribution in [2.45, 2.75) is 6.04 Å². The van der Waals surface area contributed by atoms with Crippen molar-refractivity contribution < 1.29 is 64.8 Å². The van der Waals surface area contributed by atoms with Crippen LogP contribution >= 0.6 is 0 Å². The number of benzene rings is 8. The number of aromatic amines is 5. The van der Waals surface area contributed by atoms with Crippen molar-refractivity contribution in [3.05, 3.63) is 196 Å². The molecule has 0 aliphatic carbocycles. The summed E-state index contributed by atoms with van der Waals surface area (Å²) in [6.45, 7) is 0. The summed E-state index contributed by atoms with van der Waals surface area (Å²) in [5.74, 6) is -3.98. The number of imidazole rings is 5. The molecule has 0 unspecified atom stereocenters. The summed E-state index contributed by atoms with van der Waals surface area (Å²) in [5, 5.41) is 127. The van der Waals surface area contributed by atoms with Gasteiger partial charge in [0.2, 0.25) is 35.1 Å². The first kappa shape index (κ1) is 73.4. The van der Waals surface area contributed by atoms with E-state index in [1.807, 2.05) is 10.6 Å². The number of rotatable bonds is 12. The van der Waals surface area contributed by atoms with Crippen LogP contribution in [0.5, 0.6) is 34.5 Å². The van der Waals surface area contributed by atoms with E-state index < -0.39 is 47.3 Å². The number of urea groups is 1. The Balaban J connectivity index is 0.000000114. The fraction of sp³-hybridized carbons (Fsp3) is 0.0141. The van der Waals surface area contributed by atoms with Gasteiger partial charge in [-0.25, -0.2) is 89.1 Å². The van der Waals surface area contributed by atoms with Gasteiger partial charge in [-0.15, -0.1) is 46.0 Å². The molecule has 0 atom stereocenters. The average Bonchev–Trinajstić information content (AvgIpc) is 1.23. The normalized spacial score (nSPS) is 12.5. The highest BCUT2D eigenvalue weighted by Gasteiger charge is 2.35. The number of aromatic carboxylic acids is 2. The summed E-state index contributed by atoms with van der Waals surface area (Å²) in [7, 11) is 0. The first-order valence-corrected chi connectivity index (χ1v) is 33.2. The van der Waals surface area contributed by atoms with Crippen molar-refractivity contribution in [2.75, 3.05) is 0 Å². The van der Waals surface area contributed by atoms with Gasteiger partial charge in [-0.05, 0) is 41.1 Å². The van der Waals surface area contributed by atoms with E-state index in [0.29, 0.717) is 116 Å². The standard InChI is InChI=1S/2C16H10N6O3.2C15H10N6O2.C9H6N8O3/c23-13-10(5-8-3-1-2-4-9(8)11(13)16(24)25)21-22-15-12-14(18-6-17-12)19-7-20-15;23-13-10(16(24)25)5-8-3-1-2-4-9(8)11(13)21-22-15-12-14(18-6-17-12)19-7-20-15;22-10-5-4-9(12-8(10)2-1-3-11(12)23)20-21-15-13-14(17-6-16-13)18-7-19-15;22-10-5-11(23)12(9-4-2-1-3-8(9)10)20-21-15-13-14(17-6-16-13)18-7-19-15;18-7-4(8(19)15-9(20)14-7)16-17-6-3-5(11-1-10-3)12-2-13-6/h2*1-7,23H,(H,24,25)(H,17,18,19,20);2*1-7,22-23H,(H,16,17,18,19);1-2,4H,(H,10,11,12,13)(H2,14,15,18,19,20). The van der Waals surface area contributed by atoms with Gasteiger partial charge in [0.05, 0.1) is 42.7 Å². The lowest BCUT2D eigenvalue weighted by Gasteiger charge is -2.15. The zero-order chi connectivity index (χ0) is 80.5. The first-order valence-electron chi connectivity index (χ1n) is 33.2. The molecule has 18 aromatic rings. The summed E-state index contributed by atoms with van der Waals surface area (Å²) in [4.78, 5) is 131. The van der Waals surface area contributed by atoms with Crippen LogP contribution in [0, 0.1) is 0 Å². The second-order valence-electron chi connectivity index (χ2n) is 23.6. The van der Waals surface area contributed by atoms with Gasteiger partial charge in [-0.2, -0.15) is 5.11 Å². The number of hydrogen-bond donors (Lipinski definition) is 15. The number of H-pyrrole nitrogens is 5. The van der Waals surface area contributed by atoms with Gasteiger partial charge in [0.15, 0.2) is 39.7 Å². The van der Waals surface area contributed by atoms with E-state index >= 15 is 0 Å². The topological polar surface area (TPSA) is 667 Å². The van der Waals surface area contributed by atoms with E-state index in [9.17, 15) is 64.8 Å². The van der Waals surface area contributed by atoms with Gasteiger partial charge in [-0.3, -0.25) is 20.2 Å². The molecular formula is C71H46N32O13. The lowest BCUT2D eigenvalue weighted by molar-refractivity contribution is -0.131. The Hall–Kier alpha value is -18.1. The second kappa shape index (κ2) is 32.0. The molecule has 10 aromatic heterocycles. The number of carboxylic acid groups (broad SMARTS) is 2. The molecule has 1 fully saturated rings. The van der Waals surface area contributed by atoms with E-state index in [-0.39, 0.29) is 68.6 Å². The van der Waals surface area contributed by atoms with Gasteiger partial charge >= 0.3 is 18.0 Å². The molecule has 116 heavy (non-hydrogen) atoms. The zero-order valence-electron chi connectivity index (χ0n) is 58.2. The van der Waals surface area contributed by atoms with Crippen molar-refractivity contribution in [1.29, 1.82) is 0 Å². The number of amides is 4. The molecule has 45 nitrogen and oxygen atoms in total. The number of fused-ring (bicyclic) bond motifs is 9. The van der Waals surface area contributed by atoms with E-state index in [4.69, 9.17) is 0 Å². The molecule has 0 bridgehead atoms. The molecule has 4 amide bonds. The van der Waals surface area contributed by atoms with Crippen LogP contribution in [0.3, 0.4) is 0 Å². The lowest BCUT2D eigenvalue weighted by atomic mass is 10.0. The molecule has 568 valence electrons. The number of carbonyl (C=O) groups excluding carboxylic acids is 3. The Bertz CT molecular complexity index is 7080. The summed E-state index contributed by atoms with van der Waals surface area (Å²) in [5.41, 5.74) is 5.03. The Morgan fingerprint density at radius 3 is 1.25 bits per heavy atom. The highest BCUT2D eigenvalue weighted by atomic mass is 16.4. The Morgan fingerprint density at radius 2 is 0.759 bits per heavy atom. The van der Waals surface area contributed by atoms with Crippen molar-refractivity contribution in [1.82, 2.24) is 110 Å². The second-order valence-corrected chi connectivity index (χ2v) is 23.6. The fourth-order valence-corrected chi connectivity index (χ4v) is 11.3. The van der Waals surface area contributed by atoms with Crippen LogP contribution in [0.1, 0.15) is 20.7 Å². The minimum atomic E-state index is -1.44. The van der Waals surface area contributed by atoms with Crippen LogP contribution in [0.4, 0.5) is 56.6 Å². The summed E-state index contributed by atoms with van der Waals surface area (Å²) in [6.07, 6.45) is 13.8. The largest absolute Gasteiger partial charge is 0.507 e. The van der Waals surface area contributed by atoms with Crippen LogP contribution in [0.15, 0.2) is 236 Å². The Kier molecular flexibility index (Phi) is 20.2. The van der Waals surface area contributed by atoms with E-state index in [0.717, 1.165) is 0 Å². The summed E-state index contributed by atoms with van der Waals surface area (Å²) < 4.78 is 0. The number of phenols is 6. The maximum absolute atomic E-state index is 11.5. The van der Waals surface area contributed by atoms with Gasteiger partial charge in [0.25, 0.3) is 11.8 Å². The van der Waals surface area contributed by atoms with Crippen molar-refractivity contribution in [2.24, 2.45) is 51.1 Å². The summed E-state index contributed by atoms with van der Waals surface area (Å²) >= 11 is 0. The third kappa shape index (κ3) is 15.1. The number of aromatic hydroxyl groups is 6. The zero-order valence-corrected chi connectivity index (χ0v) is 58.2. The molecule has 1 saturated heterocycles. The molecule has 19 rings (SSSR count). The number of carbonyl (C=O) groups is 5. The van der Waals surface area contributed by atoms with Gasteiger partial charge in [0.1, 0.15) is 110 Å². The average molecular weight is 1560 g/mol. The minimum absolute atomic E-state index is 0.0155. The monoisotopic (exact) mass is 1550 g/mol. The predicted octanol–water partition coefficient (Wildman–Crippen LogP) is 12.5. The number of hydrogen-bond acceptors (Lipinski definition) is 36. The first-order chi connectivity index (χ1) is 56.4. The third-order valence-electron chi connectivity index (χ3n) is 16.6. The molecular weight excluding hydrogens is 1510 g/mol. The van der Waals surface area contributed by atoms with Gasteiger partial charge in [-0.1, -0.05) is 84.9 Å². The van der Waals surface area contributed by atoms with Crippen LogP contribution in [-0.2, 0) is 9.59 Å². The number of barbiturate groups is 1. The Labute approximate surface area is 640 Å². The highest BCUT2D eigenvalue weighted by molar-refractivity contribution is 6.19. The van der Waals surface area contributed by atoms with Crippen molar-refractivity contribution in [3.63, 3.8) is 0 Å². The summed E-state index contributed by atoms with van der Waals surface area (Å²) in [6, 6.07) is 30.7. The lowest BCUT2D eigenvalue weighted by Crippen LogP contribution is -2.57. The van der Waals surface area contributed by atoms with Gasteiger partial charge in [0, 0.05) is 33.0 Å². The molecule has 0 spiro atoms. The van der Waals surface area contributed by atoms with Crippen LogP contribution in [-0.4, -0.2) is 176 Å². The van der Waals surface area contributed by atoms with Crippen molar-refractivity contribution in [3.8, 4) is 34.5 Å². The maximum Gasteiger partial charge on any atom is 0.340 e. The van der Waals surface area contributed by atoms with Crippen LogP contribution < -0.4 is 10.6 Å². The van der Waals surface area contributed by atoms with E-state index in [1.165, 1.54) is 87.5 Å². The molecule has 15 N–H and O–H groups in total. The number of imide groups is 2.